The fraction of sp³-hybridized carbons (Fsp3) is 0.500. The van der Waals surface area contributed by atoms with Gasteiger partial charge in [0.2, 0.25) is 5.91 Å². The minimum atomic E-state index is -0.584. The number of nitrogens with zero attached hydrogens (tertiary/aromatic N) is 1. The van der Waals surface area contributed by atoms with Crippen molar-refractivity contribution in [3.8, 4) is 5.75 Å². The van der Waals surface area contributed by atoms with E-state index in [9.17, 15) is 9.59 Å². The lowest BCUT2D eigenvalue weighted by Gasteiger charge is -2.30. The van der Waals surface area contributed by atoms with Crippen LogP contribution in [0.25, 0.3) is 0 Å². The third kappa shape index (κ3) is 6.59. The molecule has 2 aromatic rings. The van der Waals surface area contributed by atoms with E-state index in [0.717, 1.165) is 42.4 Å². The van der Waals surface area contributed by atoms with E-state index in [-0.39, 0.29) is 29.9 Å². The molecule has 0 bridgehead atoms. The Bertz CT molecular complexity index is 958. The average molecular weight is 451 g/mol. The van der Waals surface area contributed by atoms with Crippen molar-refractivity contribution < 1.29 is 14.3 Å². The van der Waals surface area contributed by atoms with Gasteiger partial charge in [-0.1, -0.05) is 76.1 Å². The lowest BCUT2D eigenvalue weighted by Crippen LogP contribution is -2.50. The predicted molar refractivity (Wildman–Crippen MR) is 132 cm³/mol. The van der Waals surface area contributed by atoms with Crippen LogP contribution in [0.3, 0.4) is 0 Å². The molecular weight excluding hydrogens is 412 g/mol. The molecule has 1 atom stereocenters. The number of aryl methyl sites for hydroxylation is 1. The Labute approximate surface area is 198 Å². The van der Waals surface area contributed by atoms with Crippen molar-refractivity contribution in [3.63, 3.8) is 0 Å². The van der Waals surface area contributed by atoms with Crippen molar-refractivity contribution >= 4 is 11.8 Å². The quantitative estimate of drug-likeness (QED) is 0.605. The number of rotatable bonds is 8. The van der Waals surface area contributed by atoms with Crippen LogP contribution in [0.15, 0.2) is 48.5 Å². The molecule has 0 radical (unpaired) electrons. The second kappa shape index (κ2) is 10.9. The zero-order valence-corrected chi connectivity index (χ0v) is 20.7. The Morgan fingerprint density at radius 1 is 1.06 bits per heavy atom. The minimum Gasteiger partial charge on any atom is -0.483 e. The highest BCUT2D eigenvalue weighted by atomic mass is 16.5. The molecule has 33 heavy (non-hydrogen) atoms. The third-order valence-corrected chi connectivity index (χ3v) is 6.52. The summed E-state index contributed by atoms with van der Waals surface area (Å²) in [5.41, 5.74) is 3.07. The van der Waals surface area contributed by atoms with E-state index in [1.54, 1.807) is 4.90 Å². The molecule has 3 rings (SSSR count). The predicted octanol–water partition coefficient (Wildman–Crippen LogP) is 5.15. The van der Waals surface area contributed by atoms with Gasteiger partial charge in [0.25, 0.3) is 5.91 Å². The number of carbonyl (C=O) groups is 2. The first kappa shape index (κ1) is 24.8. The highest BCUT2D eigenvalue weighted by molar-refractivity contribution is 5.88. The van der Waals surface area contributed by atoms with Crippen molar-refractivity contribution in [1.29, 1.82) is 0 Å². The summed E-state index contributed by atoms with van der Waals surface area (Å²) in [7, 11) is 0. The van der Waals surface area contributed by atoms with Crippen molar-refractivity contribution in [2.45, 2.75) is 84.3 Å². The molecule has 1 fully saturated rings. The SMILES string of the molecule is Cc1ccccc1CN(C(=O)COc1ccccc1C(C)(C)C)C(C)C(=O)NC1CCCC1. The summed E-state index contributed by atoms with van der Waals surface area (Å²) in [5.74, 6) is 0.409. The number of para-hydroxylation sites is 1. The Balaban J connectivity index is 1.77. The summed E-state index contributed by atoms with van der Waals surface area (Å²) in [6.45, 7) is 10.5. The van der Waals surface area contributed by atoms with Crippen LogP contribution in [0.4, 0.5) is 0 Å². The molecule has 1 aliphatic rings. The number of nitrogens with one attached hydrogen (secondary N) is 1. The Hall–Kier alpha value is -2.82. The van der Waals surface area contributed by atoms with Gasteiger partial charge < -0.3 is 15.0 Å². The molecule has 1 unspecified atom stereocenters. The Morgan fingerprint density at radius 2 is 1.70 bits per heavy atom. The molecule has 0 aromatic heterocycles. The number of amides is 2. The molecule has 0 heterocycles. The number of hydrogen-bond acceptors (Lipinski definition) is 3. The van der Waals surface area contributed by atoms with E-state index in [1.165, 1.54) is 0 Å². The third-order valence-electron chi connectivity index (χ3n) is 6.52. The molecule has 1 aliphatic carbocycles. The van der Waals surface area contributed by atoms with Gasteiger partial charge in [-0.05, 0) is 54.9 Å². The minimum absolute atomic E-state index is 0.0982. The number of hydrogen-bond donors (Lipinski definition) is 1. The van der Waals surface area contributed by atoms with Crippen LogP contribution in [0, 0.1) is 6.92 Å². The first-order valence-electron chi connectivity index (χ1n) is 12.0. The number of carbonyl (C=O) groups excluding carboxylic acids is 2. The molecule has 1 saturated carbocycles. The van der Waals surface area contributed by atoms with Crippen LogP contribution in [0.1, 0.15) is 70.1 Å². The fourth-order valence-electron chi connectivity index (χ4n) is 4.38. The maximum Gasteiger partial charge on any atom is 0.261 e. The highest BCUT2D eigenvalue weighted by Crippen LogP contribution is 2.31. The van der Waals surface area contributed by atoms with E-state index < -0.39 is 6.04 Å². The highest BCUT2D eigenvalue weighted by Gasteiger charge is 2.29. The molecule has 1 N–H and O–H groups in total. The van der Waals surface area contributed by atoms with Crippen molar-refractivity contribution in [1.82, 2.24) is 10.2 Å². The summed E-state index contributed by atoms with van der Waals surface area (Å²) in [4.78, 5) is 28.1. The van der Waals surface area contributed by atoms with Crippen molar-refractivity contribution in [3.05, 3.63) is 65.2 Å². The molecule has 178 valence electrons. The first-order valence-corrected chi connectivity index (χ1v) is 12.0. The molecule has 0 spiro atoms. The second-order valence-corrected chi connectivity index (χ2v) is 10.1. The number of ether oxygens (including phenoxy) is 1. The zero-order chi connectivity index (χ0) is 24.0. The largest absolute Gasteiger partial charge is 0.483 e. The zero-order valence-electron chi connectivity index (χ0n) is 20.7. The maximum atomic E-state index is 13.4. The van der Waals surface area contributed by atoms with Crippen LogP contribution in [0.2, 0.25) is 0 Å². The van der Waals surface area contributed by atoms with Crippen molar-refractivity contribution in [2.24, 2.45) is 0 Å². The van der Waals surface area contributed by atoms with Gasteiger partial charge in [0.05, 0.1) is 0 Å². The van der Waals surface area contributed by atoms with Crippen LogP contribution in [-0.2, 0) is 21.5 Å². The fourth-order valence-corrected chi connectivity index (χ4v) is 4.38. The van der Waals surface area contributed by atoms with E-state index in [0.29, 0.717) is 12.3 Å². The summed E-state index contributed by atoms with van der Waals surface area (Å²) < 4.78 is 6.01. The van der Waals surface area contributed by atoms with E-state index in [4.69, 9.17) is 4.74 Å². The van der Waals surface area contributed by atoms with E-state index in [2.05, 4.69) is 26.1 Å². The van der Waals surface area contributed by atoms with Gasteiger partial charge in [-0.3, -0.25) is 9.59 Å². The standard InChI is InChI=1S/C28H38N2O3/c1-20-12-6-7-13-22(20)18-30(21(2)27(32)29-23-14-8-9-15-23)26(31)19-33-25-17-11-10-16-24(25)28(3,4)5/h6-7,10-13,16-17,21,23H,8-9,14-15,18-19H2,1-5H3,(H,29,32). The first-order chi connectivity index (χ1) is 15.7. The molecule has 0 saturated heterocycles. The Morgan fingerprint density at radius 3 is 2.36 bits per heavy atom. The van der Waals surface area contributed by atoms with Gasteiger partial charge in [0.1, 0.15) is 11.8 Å². The van der Waals surface area contributed by atoms with Crippen molar-refractivity contribution in [2.75, 3.05) is 6.61 Å². The summed E-state index contributed by atoms with van der Waals surface area (Å²) >= 11 is 0. The van der Waals surface area contributed by atoms with Crippen LogP contribution in [0.5, 0.6) is 5.75 Å². The molecule has 2 amide bonds. The smallest absolute Gasteiger partial charge is 0.261 e. The maximum absolute atomic E-state index is 13.4. The van der Waals surface area contributed by atoms with Gasteiger partial charge in [-0.15, -0.1) is 0 Å². The molecule has 0 aliphatic heterocycles. The normalized spacial score (nSPS) is 15.2. The molecular formula is C28H38N2O3. The lowest BCUT2D eigenvalue weighted by atomic mass is 9.86. The summed E-state index contributed by atoms with van der Waals surface area (Å²) in [6, 6.07) is 15.4. The van der Waals surface area contributed by atoms with E-state index >= 15 is 0 Å². The second-order valence-electron chi connectivity index (χ2n) is 10.1. The van der Waals surface area contributed by atoms with Gasteiger partial charge >= 0.3 is 0 Å². The van der Waals surface area contributed by atoms with Crippen LogP contribution in [-0.4, -0.2) is 35.4 Å². The van der Waals surface area contributed by atoms with Gasteiger partial charge in [-0.25, -0.2) is 0 Å². The van der Waals surface area contributed by atoms with Gasteiger partial charge in [0.15, 0.2) is 6.61 Å². The topological polar surface area (TPSA) is 58.6 Å². The number of benzene rings is 2. The monoisotopic (exact) mass is 450 g/mol. The molecule has 5 heteroatoms. The average Bonchev–Trinajstić information content (AvgIpc) is 3.29. The van der Waals surface area contributed by atoms with Gasteiger partial charge in [-0.2, -0.15) is 0 Å². The summed E-state index contributed by atoms with van der Waals surface area (Å²) in [6.07, 6.45) is 4.31. The summed E-state index contributed by atoms with van der Waals surface area (Å²) in [5, 5.41) is 3.14. The molecule has 5 nitrogen and oxygen atoms in total. The lowest BCUT2D eigenvalue weighted by molar-refractivity contribution is -0.142. The van der Waals surface area contributed by atoms with Gasteiger partial charge in [0, 0.05) is 12.6 Å². The van der Waals surface area contributed by atoms with Crippen LogP contribution >= 0.6 is 0 Å². The molecule has 2 aromatic carbocycles. The van der Waals surface area contributed by atoms with E-state index in [1.807, 2.05) is 62.4 Å². The Kier molecular flexibility index (Phi) is 8.17. The van der Waals surface area contributed by atoms with Crippen LogP contribution < -0.4 is 10.1 Å².